The van der Waals surface area contributed by atoms with E-state index in [9.17, 15) is 4.79 Å². The van der Waals surface area contributed by atoms with E-state index < -0.39 is 0 Å². The van der Waals surface area contributed by atoms with Crippen molar-refractivity contribution >= 4 is 17.2 Å². The van der Waals surface area contributed by atoms with Gasteiger partial charge in [-0.25, -0.2) is 0 Å². The second-order valence-corrected chi connectivity index (χ2v) is 5.15. The van der Waals surface area contributed by atoms with Crippen molar-refractivity contribution in [2.45, 2.75) is 45.2 Å². The average molecular weight is 240 g/mol. The Balaban J connectivity index is 2.24. The first-order valence-corrected chi connectivity index (χ1v) is 6.56. The molecule has 1 aromatic rings. The highest BCUT2D eigenvalue weighted by Crippen LogP contribution is 2.18. The summed E-state index contributed by atoms with van der Waals surface area (Å²) in [5, 5.41) is 5.01. The number of amides is 1. The van der Waals surface area contributed by atoms with Crippen molar-refractivity contribution in [1.29, 1.82) is 0 Å². The minimum Gasteiger partial charge on any atom is -0.349 e. The molecule has 90 valence electrons. The molecule has 1 rings (SSSR count). The summed E-state index contributed by atoms with van der Waals surface area (Å²) in [7, 11) is 0. The lowest BCUT2D eigenvalue weighted by Gasteiger charge is -2.12. The summed E-state index contributed by atoms with van der Waals surface area (Å²) in [5.74, 6) is 0.113. The summed E-state index contributed by atoms with van der Waals surface area (Å²) in [4.78, 5) is 12.8. The molecule has 0 aliphatic carbocycles. The number of thiophene rings is 1. The molecule has 4 heteroatoms. The summed E-state index contributed by atoms with van der Waals surface area (Å²) in [5.41, 5.74) is 5.63. The summed E-state index contributed by atoms with van der Waals surface area (Å²) in [6, 6.07) is 4.33. The molecule has 3 N–H and O–H groups in total. The molecule has 0 aliphatic rings. The van der Waals surface area contributed by atoms with Crippen LogP contribution in [0, 0.1) is 0 Å². The zero-order valence-corrected chi connectivity index (χ0v) is 10.7. The van der Waals surface area contributed by atoms with Gasteiger partial charge in [0.25, 0.3) is 0 Å². The Kier molecular flexibility index (Phi) is 5.49. The van der Waals surface area contributed by atoms with E-state index >= 15 is 0 Å². The standard InChI is InChI=1S/C12H20N2OS/c1-9(13)5-3-7-12(15)14-10(2)11-6-4-8-16-11/h4,6,8-10H,3,5,7,13H2,1-2H3,(H,14,15)/t9?,10-/m1/s1. The molecule has 2 atom stereocenters. The van der Waals surface area contributed by atoms with Gasteiger partial charge in [0.1, 0.15) is 0 Å². The lowest BCUT2D eigenvalue weighted by atomic mass is 10.1. The number of carbonyl (C=O) groups is 1. The zero-order chi connectivity index (χ0) is 12.0. The summed E-state index contributed by atoms with van der Waals surface area (Å²) in [6.07, 6.45) is 2.33. The molecule has 0 radical (unpaired) electrons. The van der Waals surface area contributed by atoms with E-state index in [0.29, 0.717) is 6.42 Å². The summed E-state index contributed by atoms with van der Waals surface area (Å²) >= 11 is 1.67. The zero-order valence-electron chi connectivity index (χ0n) is 9.90. The predicted molar refractivity (Wildman–Crippen MR) is 68.4 cm³/mol. The second kappa shape index (κ2) is 6.66. The number of rotatable bonds is 6. The van der Waals surface area contributed by atoms with Crippen LogP contribution in [0.3, 0.4) is 0 Å². The van der Waals surface area contributed by atoms with Crippen LogP contribution in [0.5, 0.6) is 0 Å². The molecular formula is C12H20N2OS. The number of nitrogens with two attached hydrogens (primary N) is 1. The van der Waals surface area contributed by atoms with Crippen molar-refractivity contribution in [2.24, 2.45) is 5.73 Å². The van der Waals surface area contributed by atoms with Crippen molar-refractivity contribution in [2.75, 3.05) is 0 Å². The van der Waals surface area contributed by atoms with Crippen LogP contribution in [-0.2, 0) is 4.79 Å². The minimum absolute atomic E-state index is 0.113. The summed E-state index contributed by atoms with van der Waals surface area (Å²) < 4.78 is 0. The fourth-order valence-electron chi connectivity index (χ4n) is 1.51. The molecule has 1 aromatic heterocycles. The third kappa shape index (κ3) is 4.77. The molecular weight excluding hydrogens is 220 g/mol. The predicted octanol–water partition coefficient (Wildman–Crippen LogP) is 2.44. The molecule has 1 heterocycles. The SMILES string of the molecule is CC(N)CCCC(=O)N[C@H](C)c1cccs1. The van der Waals surface area contributed by atoms with Crippen LogP contribution in [0.2, 0.25) is 0 Å². The molecule has 1 unspecified atom stereocenters. The first-order valence-electron chi connectivity index (χ1n) is 5.68. The van der Waals surface area contributed by atoms with Gasteiger partial charge < -0.3 is 11.1 Å². The third-order valence-corrected chi connectivity index (χ3v) is 3.47. The van der Waals surface area contributed by atoms with Gasteiger partial charge in [-0.2, -0.15) is 0 Å². The van der Waals surface area contributed by atoms with E-state index in [-0.39, 0.29) is 18.0 Å². The molecule has 0 fully saturated rings. The minimum atomic E-state index is 0.113. The first kappa shape index (κ1) is 13.2. The van der Waals surface area contributed by atoms with Gasteiger partial charge in [0.05, 0.1) is 6.04 Å². The molecule has 16 heavy (non-hydrogen) atoms. The van der Waals surface area contributed by atoms with E-state index in [2.05, 4.69) is 5.32 Å². The van der Waals surface area contributed by atoms with Crippen molar-refractivity contribution < 1.29 is 4.79 Å². The average Bonchev–Trinajstić information content (AvgIpc) is 2.69. The fourth-order valence-corrected chi connectivity index (χ4v) is 2.24. The Hall–Kier alpha value is -0.870. The largest absolute Gasteiger partial charge is 0.349 e. The van der Waals surface area contributed by atoms with E-state index in [0.717, 1.165) is 12.8 Å². The molecule has 0 saturated carbocycles. The smallest absolute Gasteiger partial charge is 0.220 e. The van der Waals surface area contributed by atoms with Crippen LogP contribution in [0.4, 0.5) is 0 Å². The lowest BCUT2D eigenvalue weighted by Crippen LogP contribution is -2.26. The quantitative estimate of drug-likeness (QED) is 0.802. The summed E-state index contributed by atoms with van der Waals surface area (Å²) in [6.45, 7) is 3.97. The Morgan fingerprint density at radius 3 is 2.88 bits per heavy atom. The number of hydrogen-bond acceptors (Lipinski definition) is 3. The van der Waals surface area contributed by atoms with Crippen molar-refractivity contribution in [1.82, 2.24) is 5.32 Å². The van der Waals surface area contributed by atoms with Crippen LogP contribution < -0.4 is 11.1 Å². The highest BCUT2D eigenvalue weighted by Gasteiger charge is 2.09. The molecule has 0 saturated heterocycles. The third-order valence-electron chi connectivity index (χ3n) is 2.41. The van der Waals surface area contributed by atoms with Crippen LogP contribution >= 0.6 is 11.3 Å². The maximum atomic E-state index is 11.6. The highest BCUT2D eigenvalue weighted by atomic mass is 32.1. The maximum Gasteiger partial charge on any atom is 0.220 e. The van der Waals surface area contributed by atoms with Gasteiger partial charge in [-0.15, -0.1) is 11.3 Å². The molecule has 0 spiro atoms. The molecule has 0 aliphatic heterocycles. The fraction of sp³-hybridized carbons (Fsp3) is 0.583. The molecule has 3 nitrogen and oxygen atoms in total. The van der Waals surface area contributed by atoms with E-state index in [1.165, 1.54) is 4.88 Å². The van der Waals surface area contributed by atoms with Crippen molar-refractivity contribution in [3.63, 3.8) is 0 Å². The number of hydrogen-bond donors (Lipinski definition) is 2. The van der Waals surface area contributed by atoms with Crippen LogP contribution in [-0.4, -0.2) is 11.9 Å². The van der Waals surface area contributed by atoms with Gasteiger partial charge in [-0.05, 0) is 38.1 Å². The Morgan fingerprint density at radius 1 is 1.56 bits per heavy atom. The molecule has 0 bridgehead atoms. The highest BCUT2D eigenvalue weighted by molar-refractivity contribution is 7.10. The first-order chi connectivity index (χ1) is 7.59. The normalized spacial score (nSPS) is 14.4. The van der Waals surface area contributed by atoms with Gasteiger partial charge in [0.2, 0.25) is 5.91 Å². The lowest BCUT2D eigenvalue weighted by molar-refractivity contribution is -0.121. The van der Waals surface area contributed by atoms with Crippen molar-refractivity contribution in [3.8, 4) is 0 Å². The number of carbonyl (C=O) groups excluding carboxylic acids is 1. The van der Waals surface area contributed by atoms with Gasteiger partial charge in [-0.3, -0.25) is 4.79 Å². The van der Waals surface area contributed by atoms with Crippen LogP contribution in [0.15, 0.2) is 17.5 Å². The molecule has 1 amide bonds. The Bertz CT molecular complexity index is 309. The monoisotopic (exact) mass is 240 g/mol. The van der Waals surface area contributed by atoms with Gasteiger partial charge in [0.15, 0.2) is 0 Å². The topological polar surface area (TPSA) is 55.1 Å². The van der Waals surface area contributed by atoms with Gasteiger partial charge in [-0.1, -0.05) is 6.07 Å². The van der Waals surface area contributed by atoms with E-state index in [1.807, 2.05) is 31.4 Å². The van der Waals surface area contributed by atoms with E-state index in [4.69, 9.17) is 5.73 Å². The van der Waals surface area contributed by atoms with Crippen LogP contribution in [0.25, 0.3) is 0 Å². The van der Waals surface area contributed by atoms with E-state index in [1.54, 1.807) is 11.3 Å². The maximum absolute atomic E-state index is 11.6. The van der Waals surface area contributed by atoms with Crippen LogP contribution in [0.1, 0.15) is 44.0 Å². The van der Waals surface area contributed by atoms with Gasteiger partial charge >= 0.3 is 0 Å². The van der Waals surface area contributed by atoms with Crippen molar-refractivity contribution in [3.05, 3.63) is 22.4 Å². The Labute approximate surface area is 101 Å². The van der Waals surface area contributed by atoms with Gasteiger partial charge in [0, 0.05) is 17.3 Å². The Morgan fingerprint density at radius 2 is 2.31 bits per heavy atom. The number of nitrogens with one attached hydrogen (secondary N) is 1. The second-order valence-electron chi connectivity index (χ2n) is 4.17. The molecule has 0 aromatic carbocycles.